The first-order chi connectivity index (χ1) is 8.82. The number of carbonyl (C=O) groups excluding carboxylic acids is 1. The van der Waals surface area contributed by atoms with E-state index < -0.39 is 10.1 Å². The lowest BCUT2D eigenvalue weighted by atomic mass is 10.2. The standard InChI is InChI=1S/C12H14BrNO4S/c1-8-2-3-10(5-11(8)19(16,17)18)14-7-9(6-13)4-12(14)15/h2-3,5,9H,4,6-7H2,1H3,(H,16,17,18). The smallest absolute Gasteiger partial charge is 0.294 e. The lowest BCUT2D eigenvalue weighted by Crippen LogP contribution is -2.25. The molecule has 7 heteroatoms. The Hall–Kier alpha value is -0.920. The maximum absolute atomic E-state index is 11.9. The number of aryl methyl sites for hydroxylation is 1. The fourth-order valence-electron chi connectivity index (χ4n) is 2.17. The maximum atomic E-state index is 11.9. The quantitative estimate of drug-likeness (QED) is 0.670. The molecule has 19 heavy (non-hydrogen) atoms. The molecule has 1 saturated heterocycles. The number of alkyl halides is 1. The van der Waals surface area contributed by atoms with Gasteiger partial charge in [-0.05, 0) is 30.5 Å². The zero-order valence-electron chi connectivity index (χ0n) is 10.3. The van der Waals surface area contributed by atoms with E-state index in [1.54, 1.807) is 24.0 Å². The minimum absolute atomic E-state index is 0.0328. The molecule has 104 valence electrons. The minimum Gasteiger partial charge on any atom is -0.312 e. The summed E-state index contributed by atoms with van der Waals surface area (Å²) in [5.41, 5.74) is 0.960. The van der Waals surface area contributed by atoms with Crippen molar-refractivity contribution in [2.75, 3.05) is 16.8 Å². The number of benzene rings is 1. The van der Waals surface area contributed by atoms with E-state index in [4.69, 9.17) is 4.55 Å². The summed E-state index contributed by atoms with van der Waals surface area (Å²) in [7, 11) is -4.27. The average Bonchev–Trinajstić information content (AvgIpc) is 2.70. The van der Waals surface area contributed by atoms with Crippen molar-refractivity contribution in [3.63, 3.8) is 0 Å². The van der Waals surface area contributed by atoms with Crippen molar-refractivity contribution in [1.82, 2.24) is 0 Å². The molecule has 0 aliphatic carbocycles. The molecule has 0 saturated carbocycles. The van der Waals surface area contributed by atoms with Gasteiger partial charge in [0.15, 0.2) is 0 Å². The van der Waals surface area contributed by atoms with E-state index in [1.807, 2.05) is 0 Å². The van der Waals surface area contributed by atoms with Crippen molar-refractivity contribution in [2.24, 2.45) is 5.92 Å². The molecule has 1 unspecified atom stereocenters. The van der Waals surface area contributed by atoms with Crippen molar-refractivity contribution in [3.05, 3.63) is 23.8 Å². The molecule has 0 radical (unpaired) electrons. The first kappa shape index (κ1) is 14.5. The number of hydrogen-bond donors (Lipinski definition) is 1. The Labute approximate surface area is 120 Å². The predicted molar refractivity (Wildman–Crippen MR) is 75.2 cm³/mol. The van der Waals surface area contributed by atoms with Crippen molar-refractivity contribution >= 4 is 37.6 Å². The lowest BCUT2D eigenvalue weighted by Gasteiger charge is -2.17. The SMILES string of the molecule is Cc1ccc(N2CC(CBr)CC2=O)cc1S(=O)(=O)O. The molecule has 1 aliphatic heterocycles. The number of hydrogen-bond acceptors (Lipinski definition) is 3. The Kier molecular flexibility index (Phi) is 3.98. The van der Waals surface area contributed by atoms with Gasteiger partial charge in [0.1, 0.15) is 0 Å². The highest BCUT2D eigenvalue weighted by Gasteiger charge is 2.30. The molecule has 5 nitrogen and oxygen atoms in total. The Balaban J connectivity index is 2.40. The third-order valence-electron chi connectivity index (χ3n) is 3.18. The molecule has 1 aromatic carbocycles. The Bertz CT molecular complexity index is 614. The van der Waals surface area contributed by atoms with Crippen LogP contribution in [0.1, 0.15) is 12.0 Å². The fourth-order valence-corrected chi connectivity index (χ4v) is 3.35. The van der Waals surface area contributed by atoms with Gasteiger partial charge >= 0.3 is 0 Å². The molecule has 1 aromatic rings. The second-order valence-corrected chi connectivity index (χ2v) is 6.69. The largest absolute Gasteiger partial charge is 0.312 e. The second-order valence-electron chi connectivity index (χ2n) is 4.65. The van der Waals surface area contributed by atoms with Crippen LogP contribution in [0.4, 0.5) is 5.69 Å². The van der Waals surface area contributed by atoms with E-state index in [0.717, 1.165) is 5.33 Å². The van der Waals surface area contributed by atoms with Crippen LogP contribution in [0.25, 0.3) is 0 Å². The van der Waals surface area contributed by atoms with Crippen LogP contribution in [0.5, 0.6) is 0 Å². The summed E-state index contributed by atoms with van der Waals surface area (Å²) < 4.78 is 31.7. The molecule has 1 heterocycles. The van der Waals surface area contributed by atoms with Crippen LogP contribution in [-0.2, 0) is 14.9 Å². The van der Waals surface area contributed by atoms with Crippen molar-refractivity contribution in [1.29, 1.82) is 0 Å². The molecule has 0 aromatic heterocycles. The van der Waals surface area contributed by atoms with Crippen molar-refractivity contribution < 1.29 is 17.8 Å². The van der Waals surface area contributed by atoms with E-state index in [0.29, 0.717) is 24.2 Å². The number of rotatable bonds is 3. The van der Waals surface area contributed by atoms with Crippen LogP contribution < -0.4 is 4.90 Å². The molecule has 1 atom stereocenters. The molecular weight excluding hydrogens is 334 g/mol. The van der Waals surface area contributed by atoms with E-state index in [-0.39, 0.29) is 16.7 Å². The van der Waals surface area contributed by atoms with Crippen LogP contribution in [-0.4, -0.2) is 30.8 Å². The third-order valence-corrected chi connectivity index (χ3v) is 5.10. The number of anilines is 1. The van der Waals surface area contributed by atoms with Gasteiger partial charge in [-0.1, -0.05) is 22.0 Å². The third kappa shape index (κ3) is 2.98. The molecule has 1 amide bonds. The Morgan fingerprint density at radius 2 is 2.16 bits per heavy atom. The molecule has 1 aliphatic rings. The van der Waals surface area contributed by atoms with Gasteiger partial charge in [-0.3, -0.25) is 9.35 Å². The van der Waals surface area contributed by atoms with E-state index in [9.17, 15) is 13.2 Å². The maximum Gasteiger partial charge on any atom is 0.294 e. The van der Waals surface area contributed by atoms with Gasteiger partial charge in [0, 0.05) is 24.0 Å². The number of halogens is 1. The highest BCUT2D eigenvalue weighted by Crippen LogP contribution is 2.29. The van der Waals surface area contributed by atoms with Gasteiger partial charge < -0.3 is 4.90 Å². The number of amides is 1. The number of carbonyl (C=O) groups is 1. The van der Waals surface area contributed by atoms with Crippen LogP contribution in [0, 0.1) is 12.8 Å². The normalized spacial score (nSPS) is 20.1. The highest BCUT2D eigenvalue weighted by molar-refractivity contribution is 9.09. The van der Waals surface area contributed by atoms with Gasteiger partial charge in [0.05, 0.1) is 4.90 Å². The summed E-state index contributed by atoms with van der Waals surface area (Å²) in [6.45, 7) is 2.15. The molecule has 1 N–H and O–H groups in total. The zero-order chi connectivity index (χ0) is 14.2. The van der Waals surface area contributed by atoms with Gasteiger partial charge in [-0.15, -0.1) is 0 Å². The topological polar surface area (TPSA) is 74.7 Å². The second kappa shape index (κ2) is 5.22. The molecule has 2 rings (SSSR count). The van der Waals surface area contributed by atoms with Gasteiger partial charge in [-0.2, -0.15) is 8.42 Å². The summed E-state index contributed by atoms with van der Waals surface area (Å²) in [6, 6.07) is 4.63. The molecule has 1 fully saturated rings. The highest BCUT2D eigenvalue weighted by atomic mass is 79.9. The summed E-state index contributed by atoms with van der Waals surface area (Å²) in [4.78, 5) is 13.3. The van der Waals surface area contributed by atoms with Gasteiger partial charge in [0.2, 0.25) is 5.91 Å². The Morgan fingerprint density at radius 1 is 1.47 bits per heavy atom. The average molecular weight is 348 g/mol. The molecule has 0 spiro atoms. The summed E-state index contributed by atoms with van der Waals surface area (Å²) >= 11 is 3.35. The minimum atomic E-state index is -4.27. The summed E-state index contributed by atoms with van der Waals surface area (Å²) in [6.07, 6.45) is 0.445. The fraction of sp³-hybridized carbons (Fsp3) is 0.417. The summed E-state index contributed by atoms with van der Waals surface area (Å²) in [5.74, 6) is 0.192. The van der Waals surface area contributed by atoms with E-state index >= 15 is 0 Å². The monoisotopic (exact) mass is 347 g/mol. The van der Waals surface area contributed by atoms with Crippen LogP contribution in [0.3, 0.4) is 0 Å². The number of nitrogens with zero attached hydrogens (tertiary/aromatic N) is 1. The molecular formula is C12H14BrNO4S. The van der Waals surface area contributed by atoms with E-state index in [2.05, 4.69) is 15.9 Å². The Morgan fingerprint density at radius 3 is 2.68 bits per heavy atom. The molecule has 0 bridgehead atoms. The van der Waals surface area contributed by atoms with E-state index in [1.165, 1.54) is 6.07 Å². The van der Waals surface area contributed by atoms with Crippen molar-refractivity contribution in [3.8, 4) is 0 Å². The summed E-state index contributed by atoms with van der Waals surface area (Å²) in [5, 5.41) is 0.728. The van der Waals surface area contributed by atoms with Crippen LogP contribution in [0.2, 0.25) is 0 Å². The first-order valence-corrected chi connectivity index (χ1v) is 8.33. The van der Waals surface area contributed by atoms with Crippen molar-refractivity contribution in [2.45, 2.75) is 18.2 Å². The lowest BCUT2D eigenvalue weighted by molar-refractivity contribution is -0.117. The first-order valence-electron chi connectivity index (χ1n) is 5.77. The zero-order valence-corrected chi connectivity index (χ0v) is 12.7. The predicted octanol–water partition coefficient (Wildman–Crippen LogP) is 1.99. The van der Waals surface area contributed by atoms with Gasteiger partial charge in [-0.25, -0.2) is 0 Å². The van der Waals surface area contributed by atoms with Crippen LogP contribution in [0.15, 0.2) is 23.1 Å². The van der Waals surface area contributed by atoms with Crippen LogP contribution >= 0.6 is 15.9 Å². The van der Waals surface area contributed by atoms with Gasteiger partial charge in [0.25, 0.3) is 10.1 Å².